The largest absolute Gasteiger partial charge is 0.454 e. The Hall–Kier alpha value is -2.54. The third-order valence-corrected chi connectivity index (χ3v) is 4.82. The molecule has 6 nitrogen and oxygen atoms in total. The van der Waals surface area contributed by atoms with Gasteiger partial charge in [-0.25, -0.2) is 13.1 Å². The lowest BCUT2D eigenvalue weighted by molar-refractivity contribution is 0.0985. The van der Waals surface area contributed by atoms with Crippen LogP contribution in [0.4, 0.5) is 0 Å². The van der Waals surface area contributed by atoms with Gasteiger partial charge in [-0.2, -0.15) is 0 Å². The van der Waals surface area contributed by atoms with E-state index in [0.29, 0.717) is 17.1 Å². The highest BCUT2D eigenvalue weighted by atomic mass is 32.2. The van der Waals surface area contributed by atoms with Crippen molar-refractivity contribution in [3.05, 3.63) is 42.0 Å². The molecule has 21 heavy (non-hydrogen) atoms. The Morgan fingerprint density at radius 2 is 1.67 bits per heavy atom. The molecule has 0 saturated heterocycles. The topological polar surface area (TPSA) is 81.7 Å². The second-order valence-electron chi connectivity index (χ2n) is 4.71. The molecule has 2 aliphatic rings. The summed E-state index contributed by atoms with van der Waals surface area (Å²) in [5, 5.41) is 0. The Morgan fingerprint density at radius 3 is 2.52 bits per heavy atom. The van der Waals surface area contributed by atoms with E-state index in [2.05, 4.69) is 0 Å². The number of nitrogens with one attached hydrogen (secondary N) is 1. The van der Waals surface area contributed by atoms with Gasteiger partial charge in [-0.15, -0.1) is 0 Å². The Bertz CT molecular complexity index is 888. The molecule has 0 aromatic heterocycles. The van der Waals surface area contributed by atoms with Crippen molar-refractivity contribution in [2.75, 3.05) is 6.79 Å². The summed E-state index contributed by atoms with van der Waals surface area (Å²) in [5.41, 5.74) is 1.64. The fraction of sp³-hybridized carbons (Fsp3) is 0.0714. The Balaban J connectivity index is 1.86. The van der Waals surface area contributed by atoms with E-state index in [1.54, 1.807) is 18.2 Å². The average Bonchev–Trinajstić information content (AvgIpc) is 3.01. The molecule has 4 rings (SSSR count). The van der Waals surface area contributed by atoms with Gasteiger partial charge in [0.15, 0.2) is 11.5 Å². The second-order valence-corrected chi connectivity index (χ2v) is 6.36. The maximum absolute atomic E-state index is 11.9. The number of fused-ring (bicyclic) bond motifs is 2. The van der Waals surface area contributed by atoms with Crippen LogP contribution >= 0.6 is 0 Å². The molecule has 2 heterocycles. The number of sulfonamides is 1. The quantitative estimate of drug-likeness (QED) is 0.863. The molecular weight excluding hydrogens is 294 g/mol. The summed E-state index contributed by atoms with van der Waals surface area (Å²) in [4.78, 5) is 11.6. The van der Waals surface area contributed by atoms with Crippen LogP contribution in [0.3, 0.4) is 0 Å². The molecule has 1 N–H and O–H groups in total. The van der Waals surface area contributed by atoms with E-state index in [1.165, 1.54) is 12.1 Å². The third-order valence-electron chi connectivity index (χ3n) is 3.45. The zero-order valence-electron chi connectivity index (χ0n) is 10.6. The number of ether oxygens (including phenoxy) is 2. The lowest BCUT2D eigenvalue weighted by atomic mass is 10.0. The zero-order valence-corrected chi connectivity index (χ0v) is 11.4. The minimum Gasteiger partial charge on any atom is -0.454 e. The summed E-state index contributed by atoms with van der Waals surface area (Å²) < 4.78 is 36.2. The van der Waals surface area contributed by atoms with E-state index < -0.39 is 15.9 Å². The molecule has 106 valence electrons. The van der Waals surface area contributed by atoms with Gasteiger partial charge in [0.25, 0.3) is 15.9 Å². The molecule has 0 aliphatic carbocycles. The van der Waals surface area contributed by atoms with Crippen LogP contribution in [-0.4, -0.2) is 21.1 Å². The van der Waals surface area contributed by atoms with Crippen LogP contribution in [0.2, 0.25) is 0 Å². The van der Waals surface area contributed by atoms with Gasteiger partial charge in [0.1, 0.15) is 4.90 Å². The van der Waals surface area contributed by atoms with Crippen LogP contribution in [0.1, 0.15) is 10.4 Å². The smallest absolute Gasteiger partial charge is 0.266 e. The molecule has 2 aromatic rings. The van der Waals surface area contributed by atoms with Gasteiger partial charge in [-0.1, -0.05) is 12.1 Å². The molecule has 2 aromatic carbocycles. The summed E-state index contributed by atoms with van der Waals surface area (Å²) in [6.45, 7) is 0.176. The number of benzene rings is 2. The minimum atomic E-state index is -3.75. The number of hydrogen-bond acceptors (Lipinski definition) is 5. The number of hydrogen-bond donors (Lipinski definition) is 1. The van der Waals surface area contributed by atoms with Crippen molar-refractivity contribution >= 4 is 15.9 Å². The summed E-state index contributed by atoms with van der Waals surface area (Å²) in [6, 6.07) is 10.1. The fourth-order valence-corrected chi connectivity index (χ4v) is 3.62. The first-order chi connectivity index (χ1) is 10.0. The average molecular weight is 303 g/mol. The maximum atomic E-state index is 11.9. The van der Waals surface area contributed by atoms with Crippen molar-refractivity contribution in [3.63, 3.8) is 0 Å². The Labute approximate surface area is 120 Å². The van der Waals surface area contributed by atoms with Crippen molar-refractivity contribution in [2.24, 2.45) is 0 Å². The van der Waals surface area contributed by atoms with Crippen LogP contribution in [-0.2, 0) is 10.0 Å². The molecule has 0 atom stereocenters. The van der Waals surface area contributed by atoms with Gasteiger partial charge < -0.3 is 9.47 Å². The molecule has 0 radical (unpaired) electrons. The molecule has 0 fully saturated rings. The predicted molar refractivity (Wildman–Crippen MR) is 72.7 cm³/mol. The zero-order chi connectivity index (χ0) is 14.6. The second kappa shape index (κ2) is 3.98. The van der Waals surface area contributed by atoms with Gasteiger partial charge in [-0.05, 0) is 35.4 Å². The molecule has 0 saturated carbocycles. The van der Waals surface area contributed by atoms with Gasteiger partial charge in [0.05, 0.1) is 5.56 Å². The van der Waals surface area contributed by atoms with Crippen molar-refractivity contribution in [1.29, 1.82) is 0 Å². The van der Waals surface area contributed by atoms with E-state index >= 15 is 0 Å². The van der Waals surface area contributed by atoms with Crippen LogP contribution in [0.25, 0.3) is 11.1 Å². The van der Waals surface area contributed by atoms with Crippen molar-refractivity contribution < 1.29 is 22.7 Å². The van der Waals surface area contributed by atoms with E-state index in [4.69, 9.17) is 9.47 Å². The van der Waals surface area contributed by atoms with Crippen LogP contribution in [0.15, 0.2) is 41.3 Å². The van der Waals surface area contributed by atoms with Gasteiger partial charge in [0, 0.05) is 0 Å². The lowest BCUT2D eigenvalue weighted by Gasteiger charge is -2.05. The molecule has 7 heteroatoms. The lowest BCUT2D eigenvalue weighted by Crippen LogP contribution is -2.20. The highest BCUT2D eigenvalue weighted by Gasteiger charge is 2.32. The van der Waals surface area contributed by atoms with Crippen molar-refractivity contribution in [2.45, 2.75) is 4.90 Å². The molecule has 0 spiro atoms. The van der Waals surface area contributed by atoms with E-state index in [1.807, 2.05) is 10.8 Å². The monoisotopic (exact) mass is 303 g/mol. The normalized spacial score (nSPS) is 17.4. The van der Waals surface area contributed by atoms with Crippen LogP contribution < -0.4 is 14.2 Å². The molecular formula is C14H9NO5S. The SMILES string of the molecule is O=C1NS(=O)(=O)c2cc(-c3ccc4c(c3)OCO4)ccc21. The highest BCUT2D eigenvalue weighted by Crippen LogP contribution is 2.37. The molecule has 1 amide bonds. The Morgan fingerprint density at radius 1 is 0.952 bits per heavy atom. The number of carbonyl (C=O) groups excluding carboxylic acids is 1. The number of rotatable bonds is 1. The fourth-order valence-electron chi connectivity index (χ4n) is 2.42. The van der Waals surface area contributed by atoms with E-state index in [0.717, 1.165) is 5.56 Å². The third kappa shape index (κ3) is 1.78. The Kier molecular flexibility index (Phi) is 2.32. The van der Waals surface area contributed by atoms with E-state index in [9.17, 15) is 13.2 Å². The van der Waals surface area contributed by atoms with Crippen LogP contribution in [0, 0.1) is 0 Å². The molecule has 0 bridgehead atoms. The van der Waals surface area contributed by atoms with Gasteiger partial charge in [-0.3, -0.25) is 4.79 Å². The molecule has 2 aliphatic heterocycles. The number of carbonyl (C=O) groups is 1. The van der Waals surface area contributed by atoms with Crippen molar-refractivity contribution in [1.82, 2.24) is 4.72 Å². The standard InChI is InChI=1S/C14H9NO5S/c16-14-10-3-1-9(6-13(10)21(17,18)15-14)8-2-4-11-12(5-8)20-7-19-11/h1-6H,7H2,(H,15,16). The number of amides is 1. The first-order valence-corrected chi connectivity index (χ1v) is 7.64. The first-order valence-electron chi connectivity index (χ1n) is 6.16. The summed E-state index contributed by atoms with van der Waals surface area (Å²) in [7, 11) is -3.75. The summed E-state index contributed by atoms with van der Waals surface area (Å²) in [5.74, 6) is 0.677. The van der Waals surface area contributed by atoms with Crippen LogP contribution in [0.5, 0.6) is 11.5 Å². The van der Waals surface area contributed by atoms with Gasteiger partial charge in [0.2, 0.25) is 6.79 Å². The van der Waals surface area contributed by atoms with E-state index in [-0.39, 0.29) is 17.3 Å². The van der Waals surface area contributed by atoms with Crippen molar-refractivity contribution in [3.8, 4) is 22.6 Å². The highest BCUT2D eigenvalue weighted by molar-refractivity contribution is 7.90. The predicted octanol–water partition coefficient (Wildman–Crippen LogP) is 1.51. The summed E-state index contributed by atoms with van der Waals surface area (Å²) >= 11 is 0. The minimum absolute atomic E-state index is 0.00247. The first kappa shape index (κ1) is 12.2. The molecule has 0 unspecified atom stereocenters. The van der Waals surface area contributed by atoms with Gasteiger partial charge >= 0.3 is 0 Å². The maximum Gasteiger partial charge on any atom is 0.266 e. The summed E-state index contributed by atoms with van der Waals surface area (Å²) in [6.07, 6.45) is 0.